The van der Waals surface area contributed by atoms with E-state index in [4.69, 9.17) is 5.73 Å². The number of rotatable bonds is 8. The number of amides is 2. The summed E-state index contributed by atoms with van der Waals surface area (Å²) in [4.78, 5) is 23.4. The summed E-state index contributed by atoms with van der Waals surface area (Å²) in [5.74, 6) is 0.323. The Morgan fingerprint density at radius 3 is 2.45 bits per heavy atom. The molecule has 1 atom stereocenters. The third-order valence-electron chi connectivity index (χ3n) is 4.08. The molecule has 1 aliphatic rings. The van der Waals surface area contributed by atoms with Gasteiger partial charge in [-0.05, 0) is 24.8 Å². The first-order valence-electron chi connectivity index (χ1n) is 8.02. The Bertz CT molecular complexity index is 486. The monoisotopic (exact) mass is 303 g/mol. The Labute approximate surface area is 131 Å². The van der Waals surface area contributed by atoms with Gasteiger partial charge in [0, 0.05) is 31.5 Å². The molecule has 2 amide bonds. The summed E-state index contributed by atoms with van der Waals surface area (Å²) in [5.41, 5.74) is 6.97. The summed E-state index contributed by atoms with van der Waals surface area (Å²) < 4.78 is 0. The van der Waals surface area contributed by atoms with Crippen LogP contribution in [0.3, 0.4) is 0 Å². The molecule has 1 aromatic rings. The minimum absolute atomic E-state index is 0.0540. The topological polar surface area (TPSA) is 84.2 Å². The lowest BCUT2D eigenvalue weighted by molar-refractivity contribution is -0.127. The van der Waals surface area contributed by atoms with Crippen LogP contribution in [0.4, 0.5) is 0 Å². The quantitative estimate of drug-likeness (QED) is 0.636. The first-order chi connectivity index (χ1) is 10.7. The zero-order valence-electron chi connectivity index (χ0n) is 12.9. The predicted molar refractivity (Wildman–Crippen MR) is 86.0 cm³/mol. The van der Waals surface area contributed by atoms with Crippen molar-refractivity contribution in [2.24, 2.45) is 11.7 Å². The molecule has 0 radical (unpaired) electrons. The molecule has 1 fully saturated rings. The number of hydrogen-bond acceptors (Lipinski definition) is 3. The predicted octanol–water partition coefficient (Wildman–Crippen LogP) is 1.50. The van der Waals surface area contributed by atoms with Crippen molar-refractivity contribution >= 4 is 11.8 Å². The van der Waals surface area contributed by atoms with Gasteiger partial charge in [-0.15, -0.1) is 0 Å². The van der Waals surface area contributed by atoms with E-state index in [9.17, 15) is 9.59 Å². The van der Waals surface area contributed by atoms with Crippen LogP contribution in [0.5, 0.6) is 0 Å². The molecule has 1 aromatic carbocycles. The maximum Gasteiger partial charge on any atom is 0.223 e. The summed E-state index contributed by atoms with van der Waals surface area (Å²) in [7, 11) is 0. The van der Waals surface area contributed by atoms with Gasteiger partial charge < -0.3 is 16.4 Å². The summed E-state index contributed by atoms with van der Waals surface area (Å²) >= 11 is 0. The molecule has 0 aromatic heterocycles. The van der Waals surface area contributed by atoms with Crippen molar-refractivity contribution < 1.29 is 9.59 Å². The average molecular weight is 303 g/mol. The lowest BCUT2D eigenvalue weighted by Gasteiger charge is -2.24. The first kappa shape index (κ1) is 16.5. The maximum atomic E-state index is 11.8. The molecule has 1 saturated carbocycles. The third-order valence-corrected chi connectivity index (χ3v) is 4.08. The van der Waals surface area contributed by atoms with Crippen LogP contribution in [0.15, 0.2) is 30.3 Å². The molecule has 0 bridgehead atoms. The molecule has 0 aliphatic heterocycles. The van der Waals surface area contributed by atoms with Crippen LogP contribution in [-0.2, 0) is 9.59 Å². The Kier molecular flexibility index (Phi) is 6.40. The molecule has 5 heteroatoms. The van der Waals surface area contributed by atoms with Gasteiger partial charge >= 0.3 is 0 Å². The van der Waals surface area contributed by atoms with E-state index in [-0.39, 0.29) is 30.2 Å². The van der Waals surface area contributed by atoms with E-state index >= 15 is 0 Å². The fraction of sp³-hybridized carbons (Fsp3) is 0.529. The molecule has 2 rings (SSSR count). The molecule has 5 nitrogen and oxygen atoms in total. The summed E-state index contributed by atoms with van der Waals surface area (Å²) in [5, 5.41) is 5.75. The highest BCUT2D eigenvalue weighted by Crippen LogP contribution is 2.25. The molecule has 1 aliphatic carbocycles. The van der Waals surface area contributed by atoms with Crippen molar-refractivity contribution in [3.63, 3.8) is 0 Å². The normalized spacial score (nSPS) is 15.7. The zero-order chi connectivity index (χ0) is 15.8. The zero-order valence-corrected chi connectivity index (χ0v) is 12.9. The summed E-state index contributed by atoms with van der Waals surface area (Å²) in [6, 6.07) is 9.32. The van der Waals surface area contributed by atoms with Gasteiger partial charge in [0.25, 0.3) is 0 Å². The Morgan fingerprint density at radius 2 is 1.82 bits per heavy atom. The van der Waals surface area contributed by atoms with Crippen LogP contribution >= 0.6 is 0 Å². The van der Waals surface area contributed by atoms with Crippen molar-refractivity contribution in [2.45, 2.75) is 38.1 Å². The second-order valence-electron chi connectivity index (χ2n) is 5.84. The average Bonchev–Trinajstić information content (AvgIpc) is 2.46. The first-order valence-corrected chi connectivity index (χ1v) is 8.02. The molecule has 4 N–H and O–H groups in total. The van der Waals surface area contributed by atoms with Gasteiger partial charge in [0.2, 0.25) is 11.8 Å². The van der Waals surface area contributed by atoms with Gasteiger partial charge in [-0.3, -0.25) is 9.59 Å². The van der Waals surface area contributed by atoms with Crippen molar-refractivity contribution in [3.05, 3.63) is 35.9 Å². The molecular weight excluding hydrogens is 278 g/mol. The lowest BCUT2D eigenvalue weighted by Crippen LogP contribution is -2.36. The van der Waals surface area contributed by atoms with Gasteiger partial charge in [-0.2, -0.15) is 0 Å². The minimum atomic E-state index is -0.278. The van der Waals surface area contributed by atoms with Gasteiger partial charge in [-0.1, -0.05) is 36.8 Å². The lowest BCUT2D eigenvalue weighted by atomic mass is 9.85. The third kappa shape index (κ3) is 5.15. The number of carbonyl (C=O) groups is 2. The highest BCUT2D eigenvalue weighted by molar-refractivity contribution is 5.79. The Hall–Kier alpha value is -1.88. The number of nitrogens with two attached hydrogens (primary N) is 1. The van der Waals surface area contributed by atoms with Gasteiger partial charge in [-0.25, -0.2) is 0 Å². The fourth-order valence-corrected chi connectivity index (χ4v) is 2.43. The molecular formula is C17H25N3O2. The number of benzene rings is 1. The van der Waals surface area contributed by atoms with Gasteiger partial charge in [0.15, 0.2) is 0 Å². The largest absolute Gasteiger partial charge is 0.356 e. The maximum absolute atomic E-state index is 11.8. The second kappa shape index (κ2) is 8.54. The molecule has 0 saturated heterocycles. The van der Waals surface area contributed by atoms with Crippen LogP contribution in [-0.4, -0.2) is 24.9 Å². The van der Waals surface area contributed by atoms with E-state index < -0.39 is 0 Å². The van der Waals surface area contributed by atoms with E-state index in [2.05, 4.69) is 10.6 Å². The number of nitrogens with one attached hydrogen (secondary N) is 2. The minimum Gasteiger partial charge on any atom is -0.356 e. The Balaban J connectivity index is 1.55. The number of carbonyl (C=O) groups excluding carboxylic acids is 2. The van der Waals surface area contributed by atoms with Crippen molar-refractivity contribution in [1.82, 2.24) is 10.6 Å². The molecule has 22 heavy (non-hydrogen) atoms. The van der Waals surface area contributed by atoms with Crippen molar-refractivity contribution in [1.29, 1.82) is 0 Å². The molecule has 0 spiro atoms. The number of hydrogen-bond donors (Lipinski definition) is 3. The van der Waals surface area contributed by atoms with Crippen LogP contribution in [0.25, 0.3) is 0 Å². The van der Waals surface area contributed by atoms with E-state index in [1.54, 1.807) is 0 Å². The molecule has 0 heterocycles. The standard InChI is InChI=1S/C17H25N3O2/c18-15(13-6-2-1-3-7-13)12-16(21)19-10-5-11-20-17(22)14-8-4-9-14/h1-3,6-7,14-15H,4-5,8-12,18H2,(H,19,21)(H,20,22). The molecule has 1 unspecified atom stereocenters. The highest BCUT2D eigenvalue weighted by Gasteiger charge is 2.24. The van der Waals surface area contributed by atoms with Crippen LogP contribution in [0, 0.1) is 5.92 Å². The Morgan fingerprint density at radius 1 is 1.14 bits per heavy atom. The fourth-order valence-electron chi connectivity index (χ4n) is 2.43. The van der Waals surface area contributed by atoms with Gasteiger partial charge in [0.1, 0.15) is 0 Å². The smallest absolute Gasteiger partial charge is 0.223 e. The SMILES string of the molecule is NC(CC(=O)NCCCNC(=O)C1CCC1)c1ccccc1. The van der Waals surface area contributed by atoms with Crippen LogP contribution in [0.2, 0.25) is 0 Å². The van der Waals surface area contributed by atoms with E-state index in [1.165, 1.54) is 0 Å². The second-order valence-corrected chi connectivity index (χ2v) is 5.84. The van der Waals surface area contributed by atoms with Crippen LogP contribution < -0.4 is 16.4 Å². The summed E-state index contributed by atoms with van der Waals surface area (Å²) in [6.07, 6.45) is 4.21. The summed E-state index contributed by atoms with van der Waals surface area (Å²) in [6.45, 7) is 1.17. The van der Waals surface area contributed by atoms with Gasteiger partial charge in [0.05, 0.1) is 0 Å². The van der Waals surface area contributed by atoms with Crippen LogP contribution in [0.1, 0.15) is 43.7 Å². The van der Waals surface area contributed by atoms with Crippen molar-refractivity contribution in [2.75, 3.05) is 13.1 Å². The van der Waals surface area contributed by atoms with E-state index in [0.717, 1.165) is 31.2 Å². The molecule has 120 valence electrons. The van der Waals surface area contributed by atoms with E-state index in [1.807, 2.05) is 30.3 Å². The van der Waals surface area contributed by atoms with Crippen molar-refractivity contribution in [3.8, 4) is 0 Å². The highest BCUT2D eigenvalue weighted by atomic mass is 16.2. The van der Waals surface area contributed by atoms with E-state index in [0.29, 0.717) is 13.1 Å².